The van der Waals surface area contributed by atoms with Crippen molar-refractivity contribution >= 4 is 0 Å². The van der Waals surface area contributed by atoms with Crippen molar-refractivity contribution < 1.29 is 5.11 Å². The molecule has 0 aliphatic carbocycles. The van der Waals surface area contributed by atoms with Gasteiger partial charge in [-0.25, -0.2) is 0 Å². The zero-order valence-electron chi connectivity index (χ0n) is 11.9. The van der Waals surface area contributed by atoms with E-state index in [0.29, 0.717) is 5.75 Å². The van der Waals surface area contributed by atoms with E-state index in [0.717, 1.165) is 12.8 Å². The minimum Gasteiger partial charge on any atom is -0.508 e. The molecule has 0 aromatic heterocycles. The Morgan fingerprint density at radius 1 is 1.00 bits per heavy atom. The molecule has 0 bridgehead atoms. The van der Waals surface area contributed by atoms with E-state index >= 15 is 0 Å². The molecule has 0 aliphatic heterocycles. The molecule has 1 aromatic carbocycles. The summed E-state index contributed by atoms with van der Waals surface area (Å²) in [4.78, 5) is 0. The SMILES string of the molecule is C=CC/C=C\CCCCCCCc1cccc(O)c1. The minimum absolute atomic E-state index is 0.379. The summed E-state index contributed by atoms with van der Waals surface area (Å²) in [6.07, 6.45) is 16.1. The molecule has 0 amide bonds. The van der Waals surface area contributed by atoms with Crippen molar-refractivity contribution in [1.82, 2.24) is 0 Å². The number of aryl methyl sites for hydroxylation is 1. The molecule has 19 heavy (non-hydrogen) atoms. The van der Waals surface area contributed by atoms with Crippen molar-refractivity contribution in [1.29, 1.82) is 0 Å². The topological polar surface area (TPSA) is 20.2 Å². The first-order chi connectivity index (χ1) is 9.33. The van der Waals surface area contributed by atoms with Gasteiger partial charge in [-0.05, 0) is 49.8 Å². The van der Waals surface area contributed by atoms with Crippen molar-refractivity contribution in [2.75, 3.05) is 0 Å². The maximum absolute atomic E-state index is 9.36. The molecule has 0 saturated heterocycles. The van der Waals surface area contributed by atoms with Crippen LogP contribution in [0.1, 0.15) is 50.5 Å². The lowest BCUT2D eigenvalue weighted by Gasteiger charge is -2.02. The quantitative estimate of drug-likeness (QED) is 0.439. The summed E-state index contributed by atoms with van der Waals surface area (Å²) in [5.41, 5.74) is 1.24. The van der Waals surface area contributed by atoms with Gasteiger partial charge in [-0.3, -0.25) is 0 Å². The number of unbranched alkanes of at least 4 members (excludes halogenated alkanes) is 5. The van der Waals surface area contributed by atoms with Gasteiger partial charge in [0.2, 0.25) is 0 Å². The van der Waals surface area contributed by atoms with Crippen LogP contribution in [0.4, 0.5) is 0 Å². The number of benzene rings is 1. The maximum atomic E-state index is 9.36. The smallest absolute Gasteiger partial charge is 0.115 e. The lowest BCUT2D eigenvalue weighted by Crippen LogP contribution is -1.86. The molecule has 0 unspecified atom stereocenters. The molecule has 0 atom stereocenters. The number of phenolic OH excluding ortho intramolecular Hbond substituents is 1. The third-order valence-electron chi connectivity index (χ3n) is 3.22. The molecule has 1 rings (SSSR count). The van der Waals surface area contributed by atoms with Crippen LogP contribution in [0.3, 0.4) is 0 Å². The van der Waals surface area contributed by atoms with Crippen molar-refractivity contribution in [3.63, 3.8) is 0 Å². The number of aromatic hydroxyl groups is 1. The molecular weight excluding hydrogens is 232 g/mol. The van der Waals surface area contributed by atoms with Gasteiger partial charge in [-0.2, -0.15) is 0 Å². The van der Waals surface area contributed by atoms with Crippen molar-refractivity contribution in [3.05, 3.63) is 54.6 Å². The van der Waals surface area contributed by atoms with Crippen LogP contribution in [0.25, 0.3) is 0 Å². The molecule has 0 saturated carbocycles. The standard InChI is InChI=1S/C18H26O/c1-2-3-4-5-6-7-8-9-10-11-13-17-14-12-15-18(19)16-17/h2,4-5,12,14-16,19H,1,3,6-11,13H2/b5-4-. The van der Waals surface area contributed by atoms with E-state index in [1.165, 1.54) is 44.1 Å². The van der Waals surface area contributed by atoms with E-state index in [1.807, 2.05) is 18.2 Å². The monoisotopic (exact) mass is 258 g/mol. The first kappa shape index (κ1) is 15.6. The van der Waals surface area contributed by atoms with Gasteiger partial charge in [0.05, 0.1) is 0 Å². The molecule has 1 nitrogen and oxygen atoms in total. The molecule has 1 aromatic rings. The number of phenols is 1. The van der Waals surface area contributed by atoms with Crippen LogP contribution >= 0.6 is 0 Å². The molecule has 104 valence electrons. The van der Waals surface area contributed by atoms with Gasteiger partial charge in [0.1, 0.15) is 5.75 Å². The predicted octanol–water partition coefficient (Wildman–Crippen LogP) is 5.41. The van der Waals surface area contributed by atoms with E-state index in [4.69, 9.17) is 0 Å². The fourth-order valence-corrected chi connectivity index (χ4v) is 2.14. The second-order valence-corrected chi connectivity index (χ2v) is 4.97. The third kappa shape index (κ3) is 8.25. The van der Waals surface area contributed by atoms with Gasteiger partial charge >= 0.3 is 0 Å². The lowest BCUT2D eigenvalue weighted by molar-refractivity contribution is 0.474. The summed E-state index contributed by atoms with van der Waals surface area (Å²) in [5.74, 6) is 0.379. The summed E-state index contributed by atoms with van der Waals surface area (Å²) >= 11 is 0. The maximum Gasteiger partial charge on any atom is 0.115 e. The van der Waals surface area contributed by atoms with Gasteiger partial charge in [0.25, 0.3) is 0 Å². The first-order valence-corrected chi connectivity index (χ1v) is 7.36. The summed E-state index contributed by atoms with van der Waals surface area (Å²) in [6.45, 7) is 3.69. The molecule has 1 N–H and O–H groups in total. The second-order valence-electron chi connectivity index (χ2n) is 4.97. The van der Waals surface area contributed by atoms with Gasteiger partial charge in [0, 0.05) is 0 Å². The summed E-state index contributed by atoms with van der Waals surface area (Å²) in [6, 6.07) is 7.60. The number of allylic oxidation sites excluding steroid dienone is 3. The average molecular weight is 258 g/mol. The Morgan fingerprint density at radius 3 is 2.58 bits per heavy atom. The highest BCUT2D eigenvalue weighted by molar-refractivity contribution is 5.27. The van der Waals surface area contributed by atoms with E-state index in [2.05, 4.69) is 24.8 Å². The van der Waals surface area contributed by atoms with Gasteiger partial charge < -0.3 is 5.11 Å². The number of hydrogen-bond acceptors (Lipinski definition) is 1. The Kier molecular flexibility index (Phi) is 8.54. The van der Waals surface area contributed by atoms with Crippen LogP contribution in [0.15, 0.2) is 49.1 Å². The fourth-order valence-electron chi connectivity index (χ4n) is 2.14. The molecule has 0 fully saturated rings. The van der Waals surface area contributed by atoms with Crippen LogP contribution in [-0.4, -0.2) is 5.11 Å². The first-order valence-electron chi connectivity index (χ1n) is 7.36. The van der Waals surface area contributed by atoms with Crippen LogP contribution < -0.4 is 0 Å². The molecule has 0 spiro atoms. The Bertz CT molecular complexity index is 379. The van der Waals surface area contributed by atoms with Crippen LogP contribution in [0.5, 0.6) is 5.75 Å². The lowest BCUT2D eigenvalue weighted by atomic mass is 10.0. The van der Waals surface area contributed by atoms with Gasteiger partial charge in [0.15, 0.2) is 0 Å². The molecule has 0 heterocycles. The van der Waals surface area contributed by atoms with E-state index in [1.54, 1.807) is 6.07 Å². The Hall–Kier alpha value is -1.50. The van der Waals surface area contributed by atoms with Crippen LogP contribution in [-0.2, 0) is 6.42 Å². The Morgan fingerprint density at radius 2 is 1.79 bits per heavy atom. The highest BCUT2D eigenvalue weighted by atomic mass is 16.3. The molecular formula is C18H26O. The van der Waals surface area contributed by atoms with Crippen LogP contribution in [0, 0.1) is 0 Å². The largest absolute Gasteiger partial charge is 0.508 e. The number of hydrogen-bond donors (Lipinski definition) is 1. The van der Waals surface area contributed by atoms with E-state index < -0.39 is 0 Å². The molecule has 0 radical (unpaired) electrons. The molecule has 1 heteroatoms. The zero-order chi connectivity index (χ0) is 13.8. The predicted molar refractivity (Wildman–Crippen MR) is 83.5 cm³/mol. The molecule has 0 aliphatic rings. The third-order valence-corrected chi connectivity index (χ3v) is 3.22. The van der Waals surface area contributed by atoms with Crippen molar-refractivity contribution in [2.24, 2.45) is 0 Å². The normalized spacial score (nSPS) is 10.9. The highest BCUT2D eigenvalue weighted by Crippen LogP contribution is 2.14. The van der Waals surface area contributed by atoms with E-state index in [-0.39, 0.29) is 0 Å². The van der Waals surface area contributed by atoms with Gasteiger partial charge in [-0.1, -0.05) is 49.6 Å². The van der Waals surface area contributed by atoms with Gasteiger partial charge in [-0.15, -0.1) is 6.58 Å². The zero-order valence-corrected chi connectivity index (χ0v) is 11.9. The van der Waals surface area contributed by atoms with Crippen molar-refractivity contribution in [3.8, 4) is 5.75 Å². The summed E-state index contributed by atoms with van der Waals surface area (Å²) in [5, 5.41) is 9.36. The van der Waals surface area contributed by atoms with E-state index in [9.17, 15) is 5.11 Å². The average Bonchev–Trinajstić information content (AvgIpc) is 2.41. The Labute approximate surface area is 117 Å². The minimum atomic E-state index is 0.379. The fraction of sp³-hybridized carbons (Fsp3) is 0.444. The summed E-state index contributed by atoms with van der Waals surface area (Å²) in [7, 11) is 0. The van der Waals surface area contributed by atoms with Crippen molar-refractivity contribution in [2.45, 2.75) is 51.4 Å². The second kappa shape index (κ2) is 10.4. The summed E-state index contributed by atoms with van der Waals surface area (Å²) < 4.78 is 0. The van der Waals surface area contributed by atoms with Crippen LogP contribution in [0.2, 0.25) is 0 Å². The number of rotatable bonds is 10. The Balaban J connectivity index is 1.95. The highest BCUT2D eigenvalue weighted by Gasteiger charge is 1.95.